The van der Waals surface area contributed by atoms with Gasteiger partial charge in [-0.1, -0.05) is 6.92 Å². The summed E-state index contributed by atoms with van der Waals surface area (Å²) in [6.07, 6.45) is 0. The first-order valence-corrected chi connectivity index (χ1v) is 9.25. The van der Waals surface area contributed by atoms with Crippen molar-refractivity contribution in [3.05, 3.63) is 22.2 Å². The van der Waals surface area contributed by atoms with Crippen LogP contribution in [0.15, 0.2) is 21.5 Å². The maximum Gasteiger partial charge on any atom is 0.240 e. The van der Waals surface area contributed by atoms with E-state index in [1.54, 1.807) is 13.0 Å². The molecule has 0 fully saturated rings. The minimum atomic E-state index is -3.60. The Morgan fingerprint density at radius 3 is 2.48 bits per heavy atom. The van der Waals surface area contributed by atoms with Gasteiger partial charge >= 0.3 is 0 Å². The lowest BCUT2D eigenvalue weighted by Gasteiger charge is -2.16. The fourth-order valence-electron chi connectivity index (χ4n) is 1.97. The highest BCUT2D eigenvalue weighted by Gasteiger charge is 2.19. The fourth-order valence-corrected chi connectivity index (χ4v) is 3.95. The van der Waals surface area contributed by atoms with Crippen LogP contribution in [0.1, 0.15) is 26.3 Å². The molecule has 1 aromatic rings. The normalized spacial score (nSPS) is 12.4. The molecule has 0 aliphatic rings. The Morgan fingerprint density at radius 1 is 1.35 bits per heavy atom. The SMILES string of the molecule is CCN[C@H](C)CNS(=O)(=O)c1cc(Br)c(NC(C)=O)cc1C.Cl. The number of nitrogens with one attached hydrogen (secondary N) is 3. The first-order chi connectivity index (χ1) is 10.2. The smallest absolute Gasteiger partial charge is 0.240 e. The van der Waals surface area contributed by atoms with E-state index in [2.05, 4.69) is 31.3 Å². The van der Waals surface area contributed by atoms with E-state index in [0.717, 1.165) is 6.54 Å². The molecule has 0 saturated carbocycles. The molecule has 1 amide bonds. The number of carbonyl (C=O) groups excluding carboxylic acids is 1. The molecule has 0 aliphatic carbocycles. The van der Waals surface area contributed by atoms with Crippen molar-refractivity contribution in [3.8, 4) is 0 Å². The van der Waals surface area contributed by atoms with Gasteiger partial charge in [0.05, 0.1) is 10.6 Å². The summed E-state index contributed by atoms with van der Waals surface area (Å²) in [5.74, 6) is -0.215. The highest BCUT2D eigenvalue weighted by molar-refractivity contribution is 9.10. The van der Waals surface area contributed by atoms with E-state index in [4.69, 9.17) is 0 Å². The average molecular weight is 429 g/mol. The number of rotatable bonds is 7. The Balaban J connectivity index is 0.00000484. The zero-order chi connectivity index (χ0) is 16.9. The van der Waals surface area contributed by atoms with Crippen LogP contribution in [0.5, 0.6) is 0 Å². The number of hydrogen-bond donors (Lipinski definition) is 3. The van der Waals surface area contributed by atoms with Crippen molar-refractivity contribution in [1.29, 1.82) is 0 Å². The average Bonchev–Trinajstić information content (AvgIpc) is 2.40. The summed E-state index contributed by atoms with van der Waals surface area (Å²) in [7, 11) is -3.60. The second-order valence-corrected chi connectivity index (χ2v) is 7.68. The van der Waals surface area contributed by atoms with Gasteiger partial charge in [0.25, 0.3) is 0 Å². The fraction of sp³-hybridized carbons (Fsp3) is 0.500. The van der Waals surface area contributed by atoms with Crippen LogP contribution in [0.3, 0.4) is 0 Å². The Bertz CT molecular complexity index is 653. The third-order valence-corrected chi connectivity index (χ3v) is 5.22. The van der Waals surface area contributed by atoms with Gasteiger partial charge in [0.2, 0.25) is 15.9 Å². The molecule has 1 aromatic carbocycles. The lowest BCUT2D eigenvalue weighted by atomic mass is 10.2. The predicted octanol–water partition coefficient (Wildman–Crippen LogP) is 2.41. The quantitative estimate of drug-likeness (QED) is 0.622. The van der Waals surface area contributed by atoms with Crippen LogP contribution in [0.2, 0.25) is 0 Å². The predicted molar refractivity (Wildman–Crippen MR) is 98.8 cm³/mol. The monoisotopic (exact) mass is 427 g/mol. The molecule has 3 N–H and O–H groups in total. The van der Waals surface area contributed by atoms with Crippen LogP contribution in [0.25, 0.3) is 0 Å². The van der Waals surface area contributed by atoms with Crippen molar-refractivity contribution in [1.82, 2.24) is 10.0 Å². The first-order valence-electron chi connectivity index (χ1n) is 6.98. The van der Waals surface area contributed by atoms with E-state index in [1.807, 2.05) is 13.8 Å². The van der Waals surface area contributed by atoms with Gasteiger partial charge in [-0.25, -0.2) is 13.1 Å². The third-order valence-electron chi connectivity index (χ3n) is 3.00. The van der Waals surface area contributed by atoms with Crippen LogP contribution in [-0.4, -0.2) is 33.5 Å². The van der Waals surface area contributed by atoms with E-state index in [0.29, 0.717) is 22.3 Å². The summed E-state index contributed by atoms with van der Waals surface area (Å²) in [6.45, 7) is 8.05. The topological polar surface area (TPSA) is 87.3 Å². The maximum absolute atomic E-state index is 12.4. The largest absolute Gasteiger partial charge is 0.325 e. The molecule has 1 rings (SSSR count). The number of hydrogen-bond acceptors (Lipinski definition) is 4. The molecular weight excluding hydrogens is 406 g/mol. The number of anilines is 1. The summed E-state index contributed by atoms with van der Waals surface area (Å²) < 4.78 is 27.9. The molecule has 9 heteroatoms. The molecule has 0 radical (unpaired) electrons. The van der Waals surface area contributed by atoms with E-state index in [-0.39, 0.29) is 29.3 Å². The molecule has 23 heavy (non-hydrogen) atoms. The highest BCUT2D eigenvalue weighted by atomic mass is 79.9. The molecule has 0 aromatic heterocycles. The summed E-state index contributed by atoms with van der Waals surface area (Å²) in [4.78, 5) is 11.3. The van der Waals surface area contributed by atoms with Gasteiger partial charge in [0.1, 0.15) is 0 Å². The minimum absolute atomic E-state index is 0. The van der Waals surface area contributed by atoms with Crippen LogP contribution in [0, 0.1) is 6.92 Å². The number of carbonyl (C=O) groups is 1. The Morgan fingerprint density at radius 2 is 1.96 bits per heavy atom. The standard InChI is InChI=1S/C14H22BrN3O3S.ClH/c1-5-16-10(3)8-17-22(20,21)14-7-12(15)13(6-9(14)2)18-11(4)19;/h6-7,10,16-17H,5,8H2,1-4H3,(H,18,19);1H/t10-;/m1./s1. The third kappa shape index (κ3) is 6.76. The second-order valence-electron chi connectivity index (χ2n) is 5.09. The Kier molecular flexibility index (Phi) is 9.30. The van der Waals surface area contributed by atoms with Gasteiger partial charge in [-0.15, -0.1) is 12.4 Å². The van der Waals surface area contributed by atoms with E-state index in [9.17, 15) is 13.2 Å². The number of amides is 1. The minimum Gasteiger partial charge on any atom is -0.325 e. The molecular formula is C14H23BrClN3O3S. The molecule has 0 bridgehead atoms. The molecule has 0 heterocycles. The summed E-state index contributed by atoms with van der Waals surface area (Å²) >= 11 is 3.29. The van der Waals surface area contributed by atoms with E-state index in [1.165, 1.54) is 13.0 Å². The lowest BCUT2D eigenvalue weighted by molar-refractivity contribution is -0.114. The van der Waals surface area contributed by atoms with Crippen molar-refractivity contribution < 1.29 is 13.2 Å². The van der Waals surface area contributed by atoms with Crippen molar-refractivity contribution in [2.75, 3.05) is 18.4 Å². The zero-order valence-electron chi connectivity index (χ0n) is 13.6. The van der Waals surface area contributed by atoms with Crippen molar-refractivity contribution >= 4 is 50.0 Å². The van der Waals surface area contributed by atoms with Crippen LogP contribution < -0.4 is 15.4 Å². The van der Waals surface area contributed by atoms with Gasteiger partial charge in [-0.05, 0) is 54.0 Å². The Labute approximate surface area is 152 Å². The molecule has 6 nitrogen and oxygen atoms in total. The number of sulfonamides is 1. The van der Waals surface area contributed by atoms with Gasteiger partial charge in [-0.3, -0.25) is 4.79 Å². The van der Waals surface area contributed by atoms with Gasteiger partial charge in [0.15, 0.2) is 0 Å². The van der Waals surface area contributed by atoms with Crippen molar-refractivity contribution in [2.24, 2.45) is 0 Å². The molecule has 0 spiro atoms. The number of likely N-dealkylation sites (N-methyl/N-ethyl adjacent to an activating group) is 1. The van der Waals surface area contributed by atoms with Crippen molar-refractivity contribution in [3.63, 3.8) is 0 Å². The molecule has 132 valence electrons. The Hall–Kier alpha value is -0.670. The van der Waals surface area contributed by atoms with E-state index < -0.39 is 10.0 Å². The van der Waals surface area contributed by atoms with Gasteiger partial charge in [0, 0.05) is 24.0 Å². The van der Waals surface area contributed by atoms with Crippen LogP contribution in [-0.2, 0) is 14.8 Å². The number of aryl methyl sites for hydroxylation is 1. The van der Waals surface area contributed by atoms with E-state index >= 15 is 0 Å². The van der Waals surface area contributed by atoms with Crippen LogP contribution >= 0.6 is 28.3 Å². The summed E-state index contributed by atoms with van der Waals surface area (Å²) in [5, 5.41) is 5.79. The van der Waals surface area contributed by atoms with Crippen LogP contribution in [0.4, 0.5) is 5.69 Å². The molecule has 0 unspecified atom stereocenters. The van der Waals surface area contributed by atoms with Gasteiger partial charge in [-0.2, -0.15) is 0 Å². The lowest BCUT2D eigenvalue weighted by Crippen LogP contribution is -2.38. The zero-order valence-corrected chi connectivity index (χ0v) is 16.8. The van der Waals surface area contributed by atoms with Gasteiger partial charge < -0.3 is 10.6 Å². The number of halogens is 2. The maximum atomic E-state index is 12.4. The summed E-state index contributed by atoms with van der Waals surface area (Å²) in [6, 6.07) is 3.18. The summed E-state index contributed by atoms with van der Waals surface area (Å²) in [5.41, 5.74) is 1.11. The number of benzene rings is 1. The first kappa shape index (κ1) is 22.3. The second kappa shape index (κ2) is 9.58. The molecule has 0 aliphatic heterocycles. The highest BCUT2D eigenvalue weighted by Crippen LogP contribution is 2.28. The molecule has 1 atom stereocenters. The van der Waals surface area contributed by atoms with Crippen molar-refractivity contribution in [2.45, 2.75) is 38.6 Å². The molecule has 0 saturated heterocycles.